The van der Waals surface area contributed by atoms with Crippen molar-refractivity contribution in [3.63, 3.8) is 0 Å². The van der Waals surface area contributed by atoms with Crippen molar-refractivity contribution in [2.24, 2.45) is 5.92 Å². The van der Waals surface area contributed by atoms with Gasteiger partial charge >= 0.3 is 0 Å². The fraction of sp³-hybridized carbons (Fsp3) is 0.667. The summed E-state index contributed by atoms with van der Waals surface area (Å²) in [4.78, 5) is 0. The largest absolute Gasteiger partial charge is 0.490 e. The van der Waals surface area contributed by atoms with Crippen LogP contribution in [0, 0.1) is 5.92 Å². The molecule has 0 bridgehead atoms. The third-order valence-electron chi connectivity index (χ3n) is 4.15. The molecular formula is C18H28O3. The Balaban J connectivity index is 2.02. The van der Waals surface area contributed by atoms with Crippen molar-refractivity contribution in [1.82, 2.24) is 0 Å². The van der Waals surface area contributed by atoms with Gasteiger partial charge in [0, 0.05) is 0 Å². The average molecular weight is 292 g/mol. The molecule has 1 fully saturated rings. The van der Waals surface area contributed by atoms with Crippen LogP contribution < -0.4 is 9.47 Å². The van der Waals surface area contributed by atoms with Crippen molar-refractivity contribution in [3.05, 3.63) is 24.3 Å². The van der Waals surface area contributed by atoms with Gasteiger partial charge in [-0.1, -0.05) is 38.8 Å². The average Bonchev–Trinajstić information content (AvgIpc) is 2.50. The molecule has 1 aliphatic rings. The van der Waals surface area contributed by atoms with E-state index < -0.39 is 0 Å². The zero-order valence-corrected chi connectivity index (χ0v) is 13.3. The first-order valence-corrected chi connectivity index (χ1v) is 8.31. The summed E-state index contributed by atoms with van der Waals surface area (Å²) < 4.78 is 11.8. The molecule has 0 heterocycles. The number of hydrogen-bond acceptors (Lipinski definition) is 3. The predicted octanol–water partition coefficient (Wildman–Crippen LogP) is 4.18. The molecule has 21 heavy (non-hydrogen) atoms. The number of aliphatic hydroxyl groups is 1. The van der Waals surface area contributed by atoms with Gasteiger partial charge in [0.05, 0.1) is 12.7 Å². The van der Waals surface area contributed by atoms with Gasteiger partial charge in [0.1, 0.15) is 6.10 Å². The second kappa shape index (κ2) is 8.28. The van der Waals surface area contributed by atoms with Gasteiger partial charge < -0.3 is 14.6 Å². The van der Waals surface area contributed by atoms with E-state index in [0.717, 1.165) is 37.2 Å². The van der Waals surface area contributed by atoms with E-state index in [4.69, 9.17) is 9.47 Å². The molecule has 0 aliphatic heterocycles. The molecule has 3 nitrogen and oxygen atoms in total. The quantitative estimate of drug-likeness (QED) is 0.819. The Bertz CT molecular complexity index is 419. The summed E-state index contributed by atoms with van der Waals surface area (Å²) in [6.07, 6.45) is 5.82. The summed E-state index contributed by atoms with van der Waals surface area (Å²) in [7, 11) is 0. The molecule has 0 aromatic heterocycles. The smallest absolute Gasteiger partial charge is 0.161 e. The molecular weight excluding hydrogens is 264 g/mol. The van der Waals surface area contributed by atoms with Crippen LogP contribution in [0.15, 0.2) is 24.3 Å². The maximum Gasteiger partial charge on any atom is 0.161 e. The molecule has 1 aromatic rings. The van der Waals surface area contributed by atoms with Crippen LogP contribution in [-0.4, -0.2) is 23.9 Å². The molecule has 3 heteroatoms. The van der Waals surface area contributed by atoms with E-state index in [9.17, 15) is 5.11 Å². The van der Waals surface area contributed by atoms with Gasteiger partial charge in [0.25, 0.3) is 0 Å². The molecule has 0 amide bonds. The number of benzene rings is 1. The van der Waals surface area contributed by atoms with Crippen LogP contribution in [0.4, 0.5) is 0 Å². The van der Waals surface area contributed by atoms with Gasteiger partial charge in [-0.15, -0.1) is 0 Å². The maximum atomic E-state index is 10.2. The molecule has 2 rings (SSSR count). The lowest BCUT2D eigenvalue weighted by Crippen LogP contribution is -2.38. The van der Waals surface area contributed by atoms with Crippen molar-refractivity contribution in [2.75, 3.05) is 6.61 Å². The minimum atomic E-state index is -0.364. The lowest BCUT2D eigenvalue weighted by atomic mass is 9.83. The van der Waals surface area contributed by atoms with Gasteiger partial charge in [-0.3, -0.25) is 0 Å². The molecule has 3 atom stereocenters. The minimum Gasteiger partial charge on any atom is -0.490 e. The summed E-state index contributed by atoms with van der Waals surface area (Å²) in [5.74, 6) is 2.21. The third kappa shape index (κ3) is 4.63. The predicted molar refractivity (Wildman–Crippen MR) is 84.9 cm³/mol. The second-order valence-corrected chi connectivity index (χ2v) is 5.99. The lowest BCUT2D eigenvalue weighted by molar-refractivity contribution is -0.0129. The van der Waals surface area contributed by atoms with Gasteiger partial charge in [0.15, 0.2) is 11.5 Å². The first-order valence-electron chi connectivity index (χ1n) is 8.31. The van der Waals surface area contributed by atoms with E-state index in [0.29, 0.717) is 12.5 Å². The molecule has 1 N–H and O–H groups in total. The summed E-state index contributed by atoms with van der Waals surface area (Å²) >= 11 is 0. The number of ether oxygens (including phenoxy) is 2. The zero-order chi connectivity index (χ0) is 15.1. The molecule has 0 saturated heterocycles. The van der Waals surface area contributed by atoms with Crippen molar-refractivity contribution in [1.29, 1.82) is 0 Å². The van der Waals surface area contributed by atoms with Crippen LogP contribution in [0.1, 0.15) is 52.4 Å². The maximum absolute atomic E-state index is 10.2. The molecule has 1 saturated carbocycles. The van der Waals surface area contributed by atoms with Gasteiger partial charge in [-0.25, -0.2) is 0 Å². The Kier molecular flexibility index (Phi) is 6.37. The Morgan fingerprint density at radius 1 is 1.10 bits per heavy atom. The molecule has 118 valence electrons. The van der Waals surface area contributed by atoms with Crippen molar-refractivity contribution in [3.8, 4) is 11.5 Å². The highest BCUT2D eigenvalue weighted by atomic mass is 16.5. The van der Waals surface area contributed by atoms with Crippen molar-refractivity contribution >= 4 is 0 Å². The SMILES string of the molecule is CCCOc1ccccc1OC1CC(CCC)CCC1O. The van der Waals surface area contributed by atoms with Gasteiger partial charge in [-0.05, 0) is 43.7 Å². The Labute approximate surface area is 128 Å². The van der Waals surface area contributed by atoms with E-state index in [1.54, 1.807) is 0 Å². The first-order chi connectivity index (χ1) is 10.2. The van der Waals surface area contributed by atoms with Crippen LogP contribution in [0.2, 0.25) is 0 Å². The summed E-state index contributed by atoms with van der Waals surface area (Å²) in [6.45, 7) is 4.99. The third-order valence-corrected chi connectivity index (χ3v) is 4.15. The molecule has 0 spiro atoms. The zero-order valence-electron chi connectivity index (χ0n) is 13.3. The van der Waals surface area contributed by atoms with Gasteiger partial charge in [0.2, 0.25) is 0 Å². The Morgan fingerprint density at radius 2 is 1.86 bits per heavy atom. The van der Waals surface area contributed by atoms with Gasteiger partial charge in [-0.2, -0.15) is 0 Å². The van der Waals surface area contributed by atoms with Crippen LogP contribution >= 0.6 is 0 Å². The van der Waals surface area contributed by atoms with E-state index in [-0.39, 0.29) is 12.2 Å². The van der Waals surface area contributed by atoms with Crippen LogP contribution in [0.25, 0.3) is 0 Å². The molecule has 0 radical (unpaired) electrons. The number of hydrogen-bond donors (Lipinski definition) is 1. The Morgan fingerprint density at radius 3 is 2.57 bits per heavy atom. The summed E-state index contributed by atoms with van der Waals surface area (Å²) in [5.41, 5.74) is 0. The van der Waals surface area contributed by atoms with E-state index >= 15 is 0 Å². The number of rotatable bonds is 7. The Hall–Kier alpha value is -1.22. The topological polar surface area (TPSA) is 38.7 Å². The van der Waals surface area contributed by atoms with E-state index in [1.165, 1.54) is 12.8 Å². The van der Waals surface area contributed by atoms with E-state index in [1.807, 2.05) is 24.3 Å². The van der Waals surface area contributed by atoms with Crippen LogP contribution in [-0.2, 0) is 0 Å². The highest BCUT2D eigenvalue weighted by Gasteiger charge is 2.30. The first kappa shape index (κ1) is 16.2. The highest BCUT2D eigenvalue weighted by molar-refractivity contribution is 5.39. The van der Waals surface area contributed by atoms with Crippen LogP contribution in [0.5, 0.6) is 11.5 Å². The number of aliphatic hydroxyl groups excluding tert-OH is 1. The summed E-state index contributed by atoms with van der Waals surface area (Å²) in [5, 5.41) is 10.2. The molecule has 1 aromatic carbocycles. The molecule has 1 aliphatic carbocycles. The fourth-order valence-electron chi connectivity index (χ4n) is 3.03. The lowest BCUT2D eigenvalue weighted by Gasteiger charge is -2.33. The number of para-hydroxylation sites is 2. The minimum absolute atomic E-state index is 0.110. The standard InChI is InChI=1S/C18H28O3/c1-3-7-14-10-11-15(19)18(13-14)21-17-9-6-5-8-16(17)20-12-4-2/h5-6,8-9,14-15,18-19H,3-4,7,10-13H2,1-2H3. The summed E-state index contributed by atoms with van der Waals surface area (Å²) in [6, 6.07) is 7.77. The second-order valence-electron chi connectivity index (χ2n) is 5.99. The fourth-order valence-corrected chi connectivity index (χ4v) is 3.03. The van der Waals surface area contributed by atoms with Crippen molar-refractivity contribution < 1.29 is 14.6 Å². The van der Waals surface area contributed by atoms with Crippen molar-refractivity contribution in [2.45, 2.75) is 64.6 Å². The monoisotopic (exact) mass is 292 g/mol. The normalized spacial score (nSPS) is 25.6. The van der Waals surface area contributed by atoms with E-state index in [2.05, 4.69) is 13.8 Å². The molecule has 3 unspecified atom stereocenters. The highest BCUT2D eigenvalue weighted by Crippen LogP contribution is 2.34. The van der Waals surface area contributed by atoms with Crippen LogP contribution in [0.3, 0.4) is 0 Å².